The fraction of sp³-hybridized carbons (Fsp3) is 0.318. The quantitative estimate of drug-likeness (QED) is 0.718. The maximum atomic E-state index is 4.69. The normalized spacial score (nSPS) is 22.1. The van der Waals surface area contributed by atoms with E-state index in [9.17, 15) is 0 Å². The van der Waals surface area contributed by atoms with E-state index < -0.39 is 0 Å². The van der Waals surface area contributed by atoms with Gasteiger partial charge < -0.3 is 4.90 Å². The Labute approximate surface area is 159 Å². The zero-order valence-electron chi connectivity index (χ0n) is 15.3. The first-order valence-electron chi connectivity index (χ1n) is 9.60. The van der Waals surface area contributed by atoms with Gasteiger partial charge in [0.1, 0.15) is 5.82 Å². The molecule has 3 aromatic rings. The van der Waals surface area contributed by atoms with Crippen LogP contribution in [0.2, 0.25) is 0 Å². The van der Waals surface area contributed by atoms with Gasteiger partial charge in [-0.3, -0.25) is 14.9 Å². The van der Waals surface area contributed by atoms with Crippen LogP contribution in [0.4, 0.5) is 5.82 Å². The second-order valence-electron chi connectivity index (χ2n) is 7.57. The van der Waals surface area contributed by atoms with Crippen LogP contribution < -0.4 is 4.90 Å². The van der Waals surface area contributed by atoms with E-state index in [-0.39, 0.29) is 0 Å². The summed E-state index contributed by atoms with van der Waals surface area (Å²) in [5, 5.41) is 0. The molecular weight excluding hydrogens is 334 g/mol. The lowest BCUT2D eigenvalue weighted by atomic mass is 10.0. The highest BCUT2D eigenvalue weighted by atomic mass is 15.3. The topological polar surface area (TPSA) is 45.2 Å². The molecule has 136 valence electrons. The van der Waals surface area contributed by atoms with Gasteiger partial charge in [-0.2, -0.15) is 0 Å². The van der Waals surface area contributed by atoms with Crippen molar-refractivity contribution < 1.29 is 0 Å². The maximum absolute atomic E-state index is 4.69. The van der Waals surface area contributed by atoms with E-state index in [2.05, 4.69) is 44.0 Å². The number of anilines is 1. The minimum atomic E-state index is 0.712. The largest absolute Gasteiger partial charge is 0.355 e. The second-order valence-corrected chi connectivity index (χ2v) is 7.57. The Morgan fingerprint density at radius 3 is 2.22 bits per heavy atom. The molecule has 0 saturated carbocycles. The third-order valence-electron chi connectivity index (χ3n) is 5.71. The average molecular weight is 357 g/mol. The van der Waals surface area contributed by atoms with E-state index in [1.807, 2.05) is 42.9 Å². The number of benzene rings is 1. The summed E-state index contributed by atoms with van der Waals surface area (Å²) in [4.78, 5) is 18.7. The van der Waals surface area contributed by atoms with Gasteiger partial charge in [0.25, 0.3) is 0 Å². The van der Waals surface area contributed by atoms with Crippen LogP contribution in [0.1, 0.15) is 5.69 Å². The molecule has 27 heavy (non-hydrogen) atoms. The summed E-state index contributed by atoms with van der Waals surface area (Å²) in [6, 6.07) is 16.4. The molecule has 2 fully saturated rings. The number of fused-ring (bicyclic) bond motifs is 1. The Bertz CT molecular complexity index is 868. The predicted molar refractivity (Wildman–Crippen MR) is 106 cm³/mol. The number of hydrogen-bond acceptors (Lipinski definition) is 5. The number of rotatable bonds is 4. The molecular formula is C22H23N5. The number of nitrogens with zero attached hydrogens (tertiary/aromatic N) is 5. The third kappa shape index (κ3) is 3.43. The fourth-order valence-corrected chi connectivity index (χ4v) is 4.37. The molecule has 1 aromatic carbocycles. The van der Waals surface area contributed by atoms with Gasteiger partial charge in [0.05, 0.1) is 23.8 Å². The van der Waals surface area contributed by atoms with Crippen molar-refractivity contribution in [1.29, 1.82) is 0 Å². The minimum absolute atomic E-state index is 0.712. The third-order valence-corrected chi connectivity index (χ3v) is 5.71. The lowest BCUT2D eigenvalue weighted by molar-refractivity contribution is 0.305. The molecule has 2 atom stereocenters. The predicted octanol–water partition coefficient (Wildman–Crippen LogP) is 3.11. The molecule has 5 nitrogen and oxygen atoms in total. The van der Waals surface area contributed by atoms with Crippen LogP contribution in [-0.2, 0) is 6.54 Å². The molecule has 2 aromatic heterocycles. The molecule has 2 unspecified atom stereocenters. The van der Waals surface area contributed by atoms with Gasteiger partial charge in [0, 0.05) is 44.5 Å². The van der Waals surface area contributed by atoms with Crippen LogP contribution in [-0.4, -0.2) is 46.0 Å². The van der Waals surface area contributed by atoms with Crippen molar-refractivity contribution in [2.75, 3.05) is 31.1 Å². The van der Waals surface area contributed by atoms with E-state index in [0.29, 0.717) is 11.8 Å². The highest BCUT2D eigenvalue weighted by molar-refractivity contribution is 5.58. The number of likely N-dealkylation sites (tertiary alicyclic amines) is 1. The Morgan fingerprint density at radius 1 is 0.778 bits per heavy atom. The van der Waals surface area contributed by atoms with Crippen molar-refractivity contribution in [2.45, 2.75) is 6.54 Å². The summed E-state index contributed by atoms with van der Waals surface area (Å²) < 4.78 is 0. The van der Waals surface area contributed by atoms with Gasteiger partial charge in [-0.05, 0) is 24.0 Å². The van der Waals surface area contributed by atoms with Crippen molar-refractivity contribution in [3.05, 3.63) is 72.8 Å². The summed E-state index contributed by atoms with van der Waals surface area (Å²) in [6.07, 6.45) is 5.70. The van der Waals surface area contributed by atoms with Crippen LogP contribution in [0.25, 0.3) is 11.3 Å². The summed E-state index contributed by atoms with van der Waals surface area (Å²) in [5.74, 6) is 2.42. The Morgan fingerprint density at radius 2 is 1.56 bits per heavy atom. The molecule has 5 rings (SSSR count). The van der Waals surface area contributed by atoms with Crippen LogP contribution >= 0.6 is 0 Å². The first-order chi connectivity index (χ1) is 13.3. The van der Waals surface area contributed by atoms with Crippen molar-refractivity contribution >= 4 is 5.82 Å². The zero-order valence-corrected chi connectivity index (χ0v) is 15.3. The second kappa shape index (κ2) is 7.08. The fourth-order valence-electron chi connectivity index (χ4n) is 4.37. The molecule has 2 aliphatic rings. The molecule has 0 N–H and O–H groups in total. The summed E-state index contributed by atoms with van der Waals surface area (Å²) >= 11 is 0. The maximum Gasteiger partial charge on any atom is 0.147 e. The van der Waals surface area contributed by atoms with Crippen LogP contribution in [0, 0.1) is 11.8 Å². The zero-order chi connectivity index (χ0) is 18.1. The van der Waals surface area contributed by atoms with Crippen molar-refractivity contribution in [3.63, 3.8) is 0 Å². The number of hydrogen-bond donors (Lipinski definition) is 0. The first kappa shape index (κ1) is 16.4. The highest BCUT2D eigenvalue weighted by Crippen LogP contribution is 2.33. The smallest absolute Gasteiger partial charge is 0.147 e. The molecule has 0 aliphatic carbocycles. The number of aromatic nitrogens is 3. The van der Waals surface area contributed by atoms with E-state index in [4.69, 9.17) is 4.98 Å². The van der Waals surface area contributed by atoms with Gasteiger partial charge in [0.15, 0.2) is 0 Å². The lowest BCUT2D eigenvalue weighted by Gasteiger charge is -2.22. The molecule has 4 heterocycles. The number of pyridine rings is 1. The van der Waals surface area contributed by atoms with Crippen molar-refractivity contribution in [2.24, 2.45) is 11.8 Å². The standard InChI is InChI=1S/C22H23N5/c1-2-6-17(7-3-1)21-10-25-22(11-24-21)27-14-18-12-26(13-19(18)15-27)16-20-8-4-5-9-23-20/h1-11,18-19H,12-16H2. The van der Waals surface area contributed by atoms with Gasteiger partial charge in [-0.25, -0.2) is 4.98 Å². The van der Waals surface area contributed by atoms with Crippen LogP contribution in [0.3, 0.4) is 0 Å². The van der Waals surface area contributed by atoms with E-state index in [0.717, 1.165) is 55.5 Å². The van der Waals surface area contributed by atoms with Gasteiger partial charge in [0.2, 0.25) is 0 Å². The van der Waals surface area contributed by atoms with Gasteiger partial charge in [-0.1, -0.05) is 36.4 Å². The summed E-state index contributed by atoms with van der Waals surface area (Å²) in [6.45, 7) is 5.39. The lowest BCUT2D eigenvalue weighted by Crippen LogP contribution is -2.29. The highest BCUT2D eigenvalue weighted by Gasteiger charge is 2.40. The van der Waals surface area contributed by atoms with Gasteiger partial charge >= 0.3 is 0 Å². The van der Waals surface area contributed by atoms with Crippen molar-refractivity contribution in [1.82, 2.24) is 19.9 Å². The molecule has 2 saturated heterocycles. The van der Waals surface area contributed by atoms with Crippen LogP contribution in [0.5, 0.6) is 0 Å². The van der Waals surface area contributed by atoms with E-state index >= 15 is 0 Å². The van der Waals surface area contributed by atoms with Gasteiger partial charge in [-0.15, -0.1) is 0 Å². The SMILES string of the molecule is c1ccc(-c2cnc(N3CC4CN(Cc5ccccn5)CC4C3)cn2)cc1. The molecule has 0 spiro atoms. The molecule has 2 aliphatic heterocycles. The summed E-state index contributed by atoms with van der Waals surface area (Å²) in [7, 11) is 0. The summed E-state index contributed by atoms with van der Waals surface area (Å²) in [5.41, 5.74) is 3.21. The first-order valence-corrected chi connectivity index (χ1v) is 9.60. The molecule has 0 amide bonds. The molecule has 0 radical (unpaired) electrons. The minimum Gasteiger partial charge on any atom is -0.355 e. The Hall–Kier alpha value is -2.79. The Kier molecular flexibility index (Phi) is 4.30. The van der Waals surface area contributed by atoms with E-state index in [1.165, 1.54) is 0 Å². The molecule has 5 heteroatoms. The Balaban J connectivity index is 1.21. The molecule has 0 bridgehead atoms. The van der Waals surface area contributed by atoms with Crippen LogP contribution in [0.15, 0.2) is 67.1 Å². The monoisotopic (exact) mass is 357 g/mol. The average Bonchev–Trinajstić information content (AvgIpc) is 3.28. The van der Waals surface area contributed by atoms with Crippen molar-refractivity contribution in [3.8, 4) is 11.3 Å². The van der Waals surface area contributed by atoms with E-state index in [1.54, 1.807) is 0 Å².